The third-order valence-electron chi connectivity index (χ3n) is 4.27. The molecule has 0 aliphatic carbocycles. The Bertz CT molecular complexity index is 933. The van der Waals surface area contributed by atoms with E-state index in [1.165, 1.54) is 0 Å². The summed E-state index contributed by atoms with van der Waals surface area (Å²) in [6, 6.07) is 5.43. The number of carbonyl (C=O) groups is 1. The van der Waals surface area contributed by atoms with Crippen LogP contribution in [0.3, 0.4) is 0 Å². The molecular weight excluding hydrogens is 334 g/mol. The van der Waals surface area contributed by atoms with Gasteiger partial charge in [0.05, 0.1) is 30.7 Å². The van der Waals surface area contributed by atoms with Crippen molar-refractivity contribution >= 4 is 16.8 Å². The van der Waals surface area contributed by atoms with Crippen molar-refractivity contribution in [3.05, 3.63) is 36.3 Å². The molecule has 3 aromatic heterocycles. The van der Waals surface area contributed by atoms with Crippen molar-refractivity contribution in [2.75, 3.05) is 32.9 Å². The minimum atomic E-state index is -0.0989. The van der Waals surface area contributed by atoms with Crippen LogP contribution in [0.15, 0.2) is 30.6 Å². The maximum atomic E-state index is 12.7. The number of amides is 1. The zero-order valence-corrected chi connectivity index (χ0v) is 14.4. The van der Waals surface area contributed by atoms with Crippen LogP contribution in [0.4, 0.5) is 0 Å². The van der Waals surface area contributed by atoms with E-state index >= 15 is 0 Å². The number of rotatable bonds is 4. The van der Waals surface area contributed by atoms with Gasteiger partial charge in [-0.2, -0.15) is 5.10 Å². The zero-order valence-electron chi connectivity index (χ0n) is 14.4. The van der Waals surface area contributed by atoms with E-state index in [9.17, 15) is 4.79 Å². The third-order valence-corrected chi connectivity index (χ3v) is 4.27. The highest BCUT2D eigenvalue weighted by Gasteiger charge is 2.21. The van der Waals surface area contributed by atoms with Gasteiger partial charge in [-0.25, -0.2) is 4.98 Å². The molecule has 1 aliphatic rings. The Balaban J connectivity index is 1.73. The van der Waals surface area contributed by atoms with Gasteiger partial charge in [0.25, 0.3) is 5.91 Å². The van der Waals surface area contributed by atoms with E-state index in [1.807, 2.05) is 19.1 Å². The average molecular weight is 353 g/mol. The Morgan fingerprint density at radius 1 is 1.27 bits per heavy atom. The highest BCUT2D eigenvalue weighted by Crippen LogP contribution is 2.32. The fraction of sp³-hybridized carbons (Fsp3) is 0.333. The number of fused-ring (bicyclic) bond motifs is 1. The van der Waals surface area contributed by atoms with Crippen LogP contribution in [-0.4, -0.2) is 63.9 Å². The van der Waals surface area contributed by atoms with Crippen molar-refractivity contribution in [1.29, 1.82) is 0 Å². The van der Waals surface area contributed by atoms with Crippen molar-refractivity contribution in [2.24, 2.45) is 0 Å². The van der Waals surface area contributed by atoms with Crippen molar-refractivity contribution in [3.8, 4) is 17.1 Å². The fourth-order valence-corrected chi connectivity index (χ4v) is 3.01. The molecule has 4 rings (SSSR count). The first-order valence-corrected chi connectivity index (χ1v) is 8.57. The Hall–Kier alpha value is -3.00. The molecule has 0 unspecified atom stereocenters. The predicted octanol–water partition coefficient (Wildman–Crippen LogP) is 1.89. The number of H-pyrrole nitrogens is 1. The summed E-state index contributed by atoms with van der Waals surface area (Å²) in [6.07, 6.45) is 3.30. The van der Waals surface area contributed by atoms with Crippen LogP contribution in [0.25, 0.3) is 22.2 Å². The second kappa shape index (κ2) is 7.09. The summed E-state index contributed by atoms with van der Waals surface area (Å²) in [7, 11) is 0. The van der Waals surface area contributed by atoms with E-state index in [2.05, 4.69) is 20.2 Å². The molecule has 1 N–H and O–H groups in total. The lowest BCUT2D eigenvalue weighted by atomic mass is 10.1. The Morgan fingerprint density at radius 2 is 2.08 bits per heavy atom. The maximum Gasteiger partial charge on any atom is 0.272 e. The van der Waals surface area contributed by atoms with Gasteiger partial charge in [0.1, 0.15) is 11.4 Å². The van der Waals surface area contributed by atoms with Gasteiger partial charge in [-0.15, -0.1) is 0 Å². The summed E-state index contributed by atoms with van der Waals surface area (Å²) in [5, 5.41) is 8.20. The van der Waals surface area contributed by atoms with Crippen LogP contribution in [0.2, 0.25) is 0 Å². The summed E-state index contributed by atoms with van der Waals surface area (Å²) in [6.45, 7) is 4.68. The summed E-state index contributed by atoms with van der Waals surface area (Å²) in [4.78, 5) is 23.0. The number of morpholine rings is 1. The first-order chi connectivity index (χ1) is 12.8. The zero-order chi connectivity index (χ0) is 17.9. The maximum absolute atomic E-state index is 12.7. The van der Waals surface area contributed by atoms with Crippen LogP contribution in [0.1, 0.15) is 17.4 Å². The average Bonchev–Trinajstić information content (AvgIpc) is 3.14. The van der Waals surface area contributed by atoms with Gasteiger partial charge in [0.15, 0.2) is 0 Å². The quantitative estimate of drug-likeness (QED) is 0.770. The standard InChI is InChI=1S/C18H19N5O3/c1-2-26-17-15-13(4-6-20-17)21-22-16(15)12-3-5-19-14(11-12)18(24)23-7-9-25-10-8-23/h3-6,11H,2,7-10H2,1H3,(H,21,22). The van der Waals surface area contributed by atoms with Crippen LogP contribution < -0.4 is 4.74 Å². The number of aromatic amines is 1. The second-order valence-electron chi connectivity index (χ2n) is 5.88. The van der Waals surface area contributed by atoms with E-state index in [-0.39, 0.29) is 5.91 Å². The first-order valence-electron chi connectivity index (χ1n) is 8.57. The molecule has 0 atom stereocenters. The van der Waals surface area contributed by atoms with Crippen LogP contribution in [-0.2, 0) is 4.74 Å². The van der Waals surface area contributed by atoms with Gasteiger partial charge < -0.3 is 14.4 Å². The Kier molecular flexibility index (Phi) is 4.49. The Labute approximate surface area is 150 Å². The summed E-state index contributed by atoms with van der Waals surface area (Å²) >= 11 is 0. The smallest absolute Gasteiger partial charge is 0.272 e. The molecule has 0 aromatic carbocycles. The molecule has 3 aromatic rings. The highest BCUT2D eigenvalue weighted by molar-refractivity contribution is 5.98. The molecule has 1 amide bonds. The van der Waals surface area contributed by atoms with E-state index in [0.29, 0.717) is 50.2 Å². The molecule has 1 aliphatic heterocycles. The minimum Gasteiger partial charge on any atom is -0.477 e. The minimum absolute atomic E-state index is 0.0989. The molecule has 134 valence electrons. The molecular formula is C18H19N5O3. The molecule has 0 spiro atoms. The molecule has 0 bridgehead atoms. The lowest BCUT2D eigenvalue weighted by Crippen LogP contribution is -2.41. The molecule has 8 nitrogen and oxygen atoms in total. The van der Waals surface area contributed by atoms with Gasteiger partial charge in [-0.3, -0.25) is 14.9 Å². The van der Waals surface area contributed by atoms with Crippen LogP contribution >= 0.6 is 0 Å². The highest BCUT2D eigenvalue weighted by atomic mass is 16.5. The van der Waals surface area contributed by atoms with E-state index < -0.39 is 0 Å². The topological polar surface area (TPSA) is 93.2 Å². The number of ether oxygens (including phenoxy) is 2. The molecule has 8 heteroatoms. The summed E-state index contributed by atoms with van der Waals surface area (Å²) < 4.78 is 10.9. The van der Waals surface area contributed by atoms with E-state index in [1.54, 1.807) is 23.4 Å². The molecule has 4 heterocycles. The largest absolute Gasteiger partial charge is 0.477 e. The molecule has 0 radical (unpaired) electrons. The molecule has 1 saturated heterocycles. The number of hydrogen-bond acceptors (Lipinski definition) is 6. The second-order valence-corrected chi connectivity index (χ2v) is 5.88. The van der Waals surface area contributed by atoms with Gasteiger partial charge in [0, 0.05) is 31.0 Å². The number of nitrogens with zero attached hydrogens (tertiary/aromatic N) is 4. The van der Waals surface area contributed by atoms with Gasteiger partial charge in [0.2, 0.25) is 5.88 Å². The number of hydrogen-bond donors (Lipinski definition) is 1. The monoisotopic (exact) mass is 353 g/mol. The lowest BCUT2D eigenvalue weighted by molar-refractivity contribution is 0.0299. The van der Waals surface area contributed by atoms with E-state index in [4.69, 9.17) is 9.47 Å². The van der Waals surface area contributed by atoms with Gasteiger partial charge in [-0.1, -0.05) is 0 Å². The number of pyridine rings is 2. The SMILES string of the molecule is CCOc1nccc2[nH]nc(-c3ccnc(C(=O)N4CCOCC4)c3)c12. The van der Waals surface area contributed by atoms with Crippen LogP contribution in [0, 0.1) is 0 Å². The van der Waals surface area contributed by atoms with Crippen molar-refractivity contribution in [1.82, 2.24) is 25.1 Å². The molecule has 1 fully saturated rings. The van der Waals surface area contributed by atoms with Gasteiger partial charge >= 0.3 is 0 Å². The first kappa shape index (κ1) is 16.5. The number of aromatic nitrogens is 4. The van der Waals surface area contributed by atoms with Crippen LogP contribution in [0.5, 0.6) is 5.88 Å². The van der Waals surface area contributed by atoms with Crippen molar-refractivity contribution in [2.45, 2.75) is 6.92 Å². The van der Waals surface area contributed by atoms with Gasteiger partial charge in [-0.05, 0) is 25.1 Å². The summed E-state index contributed by atoms with van der Waals surface area (Å²) in [5.74, 6) is 0.421. The lowest BCUT2D eigenvalue weighted by Gasteiger charge is -2.26. The summed E-state index contributed by atoms with van der Waals surface area (Å²) in [5.41, 5.74) is 2.70. The fourth-order valence-electron chi connectivity index (χ4n) is 3.01. The molecule has 26 heavy (non-hydrogen) atoms. The predicted molar refractivity (Wildman–Crippen MR) is 95.0 cm³/mol. The van der Waals surface area contributed by atoms with Crippen molar-refractivity contribution in [3.63, 3.8) is 0 Å². The number of carbonyl (C=O) groups excluding carboxylic acids is 1. The molecule has 0 saturated carbocycles. The van der Waals surface area contributed by atoms with E-state index in [0.717, 1.165) is 16.5 Å². The normalized spacial score (nSPS) is 14.6. The third kappa shape index (κ3) is 2.99. The number of nitrogens with one attached hydrogen (secondary N) is 1. The Morgan fingerprint density at radius 3 is 2.88 bits per heavy atom. The van der Waals surface area contributed by atoms with Crippen molar-refractivity contribution < 1.29 is 14.3 Å².